The summed E-state index contributed by atoms with van der Waals surface area (Å²) in [5.41, 5.74) is 6.95. The second-order valence-electron chi connectivity index (χ2n) is 8.84. The van der Waals surface area contributed by atoms with Gasteiger partial charge in [0.05, 0.1) is 10.6 Å². The van der Waals surface area contributed by atoms with Crippen molar-refractivity contribution in [1.29, 1.82) is 0 Å². The van der Waals surface area contributed by atoms with Crippen LogP contribution in [0.25, 0.3) is 0 Å². The largest absolute Gasteiger partial charge is 0.480 e. The van der Waals surface area contributed by atoms with Crippen LogP contribution >= 0.6 is 23.2 Å². The predicted molar refractivity (Wildman–Crippen MR) is 121 cm³/mol. The average Bonchev–Trinajstić information content (AvgIpc) is 3.05. The number of hydrogen-bond acceptors (Lipinski definition) is 3. The molecule has 1 aliphatic heterocycles. The Bertz CT molecular complexity index is 949. The number of carboxylic acid groups (broad SMARTS) is 1. The van der Waals surface area contributed by atoms with Crippen molar-refractivity contribution in [3.63, 3.8) is 0 Å². The highest BCUT2D eigenvalue weighted by Crippen LogP contribution is 2.49. The molecular formula is C24H27Cl2FN2O2. The minimum Gasteiger partial charge on any atom is -0.480 e. The third kappa shape index (κ3) is 4.21. The molecular weight excluding hydrogens is 438 g/mol. The summed E-state index contributed by atoms with van der Waals surface area (Å²) in [6.45, 7) is 0. The van der Waals surface area contributed by atoms with Crippen molar-refractivity contribution in [2.75, 3.05) is 0 Å². The molecule has 7 heteroatoms. The number of nitrogens with one attached hydrogen (secondary N) is 1. The zero-order valence-electron chi connectivity index (χ0n) is 17.2. The van der Waals surface area contributed by atoms with E-state index in [1.165, 1.54) is 25.3 Å². The molecule has 31 heavy (non-hydrogen) atoms. The topological polar surface area (TPSA) is 75.3 Å². The number of benzene rings is 2. The number of carboxylic acids is 1. The van der Waals surface area contributed by atoms with Gasteiger partial charge in [0, 0.05) is 17.0 Å². The van der Waals surface area contributed by atoms with Gasteiger partial charge in [-0.1, -0.05) is 79.6 Å². The van der Waals surface area contributed by atoms with E-state index in [0.717, 1.165) is 24.8 Å². The minimum absolute atomic E-state index is 0.0455. The van der Waals surface area contributed by atoms with Crippen LogP contribution in [0.5, 0.6) is 0 Å². The Labute approximate surface area is 191 Å². The number of nitrogens with two attached hydrogens (primary N) is 1. The van der Waals surface area contributed by atoms with Crippen LogP contribution in [0.3, 0.4) is 0 Å². The van der Waals surface area contributed by atoms with E-state index < -0.39 is 29.3 Å². The first-order valence-corrected chi connectivity index (χ1v) is 11.6. The molecule has 2 aromatic rings. The molecule has 2 fully saturated rings. The fourth-order valence-corrected chi connectivity index (χ4v) is 5.80. The highest BCUT2D eigenvalue weighted by atomic mass is 35.5. The van der Waals surface area contributed by atoms with Crippen LogP contribution in [0.1, 0.15) is 55.6 Å². The molecule has 2 aliphatic rings. The Morgan fingerprint density at radius 2 is 1.81 bits per heavy atom. The fraction of sp³-hybridized carbons (Fsp3) is 0.458. The second kappa shape index (κ2) is 9.07. The van der Waals surface area contributed by atoms with Gasteiger partial charge in [-0.3, -0.25) is 10.1 Å². The lowest BCUT2D eigenvalue weighted by molar-refractivity contribution is -0.139. The average molecular weight is 465 g/mol. The van der Waals surface area contributed by atoms with Crippen LogP contribution < -0.4 is 11.1 Å². The molecule has 1 heterocycles. The van der Waals surface area contributed by atoms with E-state index in [1.54, 1.807) is 24.3 Å². The molecule has 4 N–H and O–H groups in total. The molecule has 0 amide bonds. The molecule has 0 bridgehead atoms. The Hall–Kier alpha value is -1.66. The van der Waals surface area contributed by atoms with Gasteiger partial charge < -0.3 is 10.8 Å². The van der Waals surface area contributed by atoms with E-state index in [-0.39, 0.29) is 16.6 Å². The van der Waals surface area contributed by atoms with Gasteiger partial charge in [-0.2, -0.15) is 0 Å². The molecule has 0 radical (unpaired) electrons. The zero-order valence-corrected chi connectivity index (χ0v) is 18.7. The smallest absolute Gasteiger partial charge is 0.321 e. The summed E-state index contributed by atoms with van der Waals surface area (Å²) in [4.78, 5) is 12.3. The van der Waals surface area contributed by atoms with Gasteiger partial charge in [-0.15, -0.1) is 0 Å². The maximum atomic E-state index is 15.2. The standard InChI is InChI=1S/C24H27Cl2FN2O2/c25-16-11-9-15(10-12-16)24(28)19(13-14-5-2-1-3-6-14)29-22(23(30)31)20(24)17-7-4-8-18(26)21(17)27/h4,7-12,14,19-20,22,29H,1-3,5-6,13,28H2,(H,30,31)/t19-,20-,22+,24+/m0/s1. The van der Waals surface area contributed by atoms with Crippen molar-refractivity contribution in [1.82, 2.24) is 5.32 Å². The first-order valence-electron chi connectivity index (χ1n) is 10.8. The number of carbonyl (C=O) groups is 1. The summed E-state index contributed by atoms with van der Waals surface area (Å²) >= 11 is 12.2. The molecule has 1 aliphatic carbocycles. The molecule has 4 atom stereocenters. The van der Waals surface area contributed by atoms with E-state index in [1.807, 2.05) is 12.1 Å². The van der Waals surface area contributed by atoms with Crippen molar-refractivity contribution < 1.29 is 14.3 Å². The summed E-state index contributed by atoms with van der Waals surface area (Å²) in [6, 6.07) is 10.4. The molecule has 0 aromatic heterocycles. The van der Waals surface area contributed by atoms with Crippen LogP contribution in [0.15, 0.2) is 42.5 Å². The normalized spacial score (nSPS) is 29.2. The monoisotopic (exact) mass is 464 g/mol. The molecule has 4 rings (SSSR count). The maximum absolute atomic E-state index is 15.2. The van der Waals surface area contributed by atoms with Crippen LogP contribution in [0.2, 0.25) is 10.0 Å². The van der Waals surface area contributed by atoms with Crippen LogP contribution in [0.4, 0.5) is 4.39 Å². The van der Waals surface area contributed by atoms with Gasteiger partial charge >= 0.3 is 5.97 Å². The number of rotatable bonds is 5. The second-order valence-corrected chi connectivity index (χ2v) is 9.68. The maximum Gasteiger partial charge on any atom is 0.321 e. The summed E-state index contributed by atoms with van der Waals surface area (Å²) in [6.07, 6.45) is 6.51. The van der Waals surface area contributed by atoms with Crippen molar-refractivity contribution in [2.45, 2.75) is 62.1 Å². The van der Waals surface area contributed by atoms with Crippen molar-refractivity contribution in [3.05, 3.63) is 69.5 Å². The highest BCUT2D eigenvalue weighted by molar-refractivity contribution is 6.31. The predicted octanol–water partition coefficient (Wildman–Crippen LogP) is 5.47. The molecule has 1 saturated carbocycles. The van der Waals surface area contributed by atoms with Gasteiger partial charge in [0.2, 0.25) is 0 Å². The van der Waals surface area contributed by atoms with Gasteiger partial charge in [0.25, 0.3) is 0 Å². The van der Waals surface area contributed by atoms with E-state index >= 15 is 4.39 Å². The lowest BCUT2D eigenvalue weighted by atomic mass is 9.69. The van der Waals surface area contributed by atoms with Gasteiger partial charge in [0.15, 0.2) is 0 Å². The van der Waals surface area contributed by atoms with E-state index in [9.17, 15) is 9.90 Å². The summed E-state index contributed by atoms with van der Waals surface area (Å²) in [5.74, 6) is -2.05. The van der Waals surface area contributed by atoms with Crippen molar-refractivity contribution in [2.24, 2.45) is 11.7 Å². The third-order valence-corrected chi connectivity index (χ3v) is 7.57. The van der Waals surface area contributed by atoms with Crippen LogP contribution in [-0.4, -0.2) is 23.2 Å². The van der Waals surface area contributed by atoms with Gasteiger partial charge in [-0.25, -0.2) is 4.39 Å². The molecule has 1 saturated heterocycles. The van der Waals surface area contributed by atoms with Crippen LogP contribution in [-0.2, 0) is 10.3 Å². The lowest BCUT2D eigenvalue weighted by Gasteiger charge is -2.39. The summed E-state index contributed by atoms with van der Waals surface area (Å²) in [5, 5.41) is 13.8. The lowest BCUT2D eigenvalue weighted by Crippen LogP contribution is -2.51. The van der Waals surface area contributed by atoms with Gasteiger partial charge in [-0.05, 0) is 41.7 Å². The molecule has 0 spiro atoms. The summed E-state index contributed by atoms with van der Waals surface area (Å²) < 4.78 is 15.2. The van der Waals surface area contributed by atoms with E-state index in [0.29, 0.717) is 10.9 Å². The van der Waals surface area contributed by atoms with Gasteiger partial charge in [0.1, 0.15) is 11.9 Å². The molecule has 4 nitrogen and oxygen atoms in total. The fourth-order valence-electron chi connectivity index (χ4n) is 5.49. The zero-order chi connectivity index (χ0) is 22.2. The van der Waals surface area contributed by atoms with E-state index in [4.69, 9.17) is 28.9 Å². The Balaban J connectivity index is 1.84. The van der Waals surface area contributed by atoms with E-state index in [2.05, 4.69) is 5.32 Å². The number of halogens is 3. The molecule has 2 aromatic carbocycles. The Kier molecular flexibility index (Phi) is 6.59. The van der Waals surface area contributed by atoms with Crippen LogP contribution in [0, 0.1) is 11.7 Å². The van der Waals surface area contributed by atoms with Crippen molar-refractivity contribution in [3.8, 4) is 0 Å². The highest BCUT2D eigenvalue weighted by Gasteiger charge is 2.57. The Morgan fingerprint density at radius 3 is 2.45 bits per heavy atom. The number of hydrogen-bond donors (Lipinski definition) is 3. The summed E-state index contributed by atoms with van der Waals surface area (Å²) in [7, 11) is 0. The first-order chi connectivity index (χ1) is 14.8. The SMILES string of the molecule is N[C@]1(c2ccc(Cl)cc2)[C@H](CC2CCCCC2)N[C@@H](C(=O)O)[C@@H]1c1cccc(Cl)c1F. The Morgan fingerprint density at radius 1 is 1.13 bits per heavy atom. The first kappa shape index (κ1) is 22.5. The minimum atomic E-state index is -1.14. The number of aliphatic carboxylic acids is 1. The molecule has 0 unspecified atom stereocenters. The molecule has 166 valence electrons. The third-order valence-electron chi connectivity index (χ3n) is 7.03. The van der Waals surface area contributed by atoms with Crippen molar-refractivity contribution >= 4 is 29.2 Å². The quantitative estimate of drug-likeness (QED) is 0.548.